The highest BCUT2D eigenvalue weighted by molar-refractivity contribution is 5.88. The van der Waals surface area contributed by atoms with E-state index in [0.717, 1.165) is 15.8 Å². The van der Waals surface area contributed by atoms with Crippen LogP contribution >= 0.6 is 0 Å². The average molecular weight is 346 g/mol. The van der Waals surface area contributed by atoms with Crippen LogP contribution in [0.15, 0.2) is 24.3 Å². The van der Waals surface area contributed by atoms with Gasteiger partial charge in [-0.1, -0.05) is 18.2 Å². The van der Waals surface area contributed by atoms with E-state index in [-0.39, 0.29) is 11.6 Å². The van der Waals surface area contributed by atoms with E-state index in [1.807, 2.05) is 32.0 Å². The van der Waals surface area contributed by atoms with Gasteiger partial charge in [-0.2, -0.15) is 5.10 Å². The summed E-state index contributed by atoms with van der Waals surface area (Å²) in [6.45, 7) is 8.99. The topological polar surface area (TPSA) is 79.7 Å². The number of esters is 1. The first-order valence-electron chi connectivity index (χ1n) is 7.78. The molecule has 7 heteroatoms. The maximum absolute atomic E-state index is 12.4. The molecule has 0 saturated carbocycles. The van der Waals surface area contributed by atoms with Crippen LogP contribution < -0.4 is 4.74 Å². The summed E-state index contributed by atoms with van der Waals surface area (Å²) in [5, 5.41) is 3.96. The maximum Gasteiger partial charge on any atom is 0.438 e. The summed E-state index contributed by atoms with van der Waals surface area (Å²) in [4.78, 5) is 24.2. The molecule has 0 fully saturated rings. The van der Waals surface area contributed by atoms with Gasteiger partial charge in [0.05, 0.1) is 7.11 Å². The summed E-state index contributed by atoms with van der Waals surface area (Å²) in [5.74, 6) is -0.00987. The second-order valence-electron chi connectivity index (χ2n) is 6.57. The van der Waals surface area contributed by atoms with Gasteiger partial charge in [-0.15, -0.1) is 4.68 Å². The van der Waals surface area contributed by atoms with Crippen LogP contribution in [-0.2, 0) is 9.47 Å². The Morgan fingerprint density at radius 3 is 2.24 bits per heavy atom. The highest BCUT2D eigenvalue weighted by Gasteiger charge is 2.25. The third-order valence-corrected chi connectivity index (χ3v) is 3.25. The lowest BCUT2D eigenvalue weighted by Crippen LogP contribution is -2.28. The van der Waals surface area contributed by atoms with Gasteiger partial charge in [-0.25, -0.2) is 9.59 Å². The van der Waals surface area contributed by atoms with Crippen molar-refractivity contribution in [1.29, 1.82) is 0 Å². The van der Waals surface area contributed by atoms with Crippen molar-refractivity contribution in [2.45, 2.75) is 40.2 Å². The summed E-state index contributed by atoms with van der Waals surface area (Å²) in [6, 6.07) is 7.03. The van der Waals surface area contributed by atoms with Gasteiger partial charge >= 0.3 is 12.1 Å². The van der Waals surface area contributed by atoms with Crippen molar-refractivity contribution in [3.8, 4) is 11.6 Å². The van der Waals surface area contributed by atoms with Gasteiger partial charge in [0.2, 0.25) is 5.88 Å². The Kier molecular flexibility index (Phi) is 5.15. The molecule has 0 aliphatic carbocycles. The number of carbonyl (C=O) groups excluding carboxylic acids is 2. The maximum atomic E-state index is 12.4. The molecule has 134 valence electrons. The molecule has 2 rings (SSSR count). The summed E-state index contributed by atoms with van der Waals surface area (Å²) in [6.07, 6.45) is -0.746. The first-order chi connectivity index (χ1) is 11.6. The molecule has 0 bridgehead atoms. The molecular weight excluding hydrogens is 324 g/mol. The van der Waals surface area contributed by atoms with E-state index in [1.165, 1.54) is 13.2 Å². The molecule has 0 atom stereocenters. The van der Waals surface area contributed by atoms with Crippen molar-refractivity contribution in [2.75, 3.05) is 7.11 Å². The third-order valence-electron chi connectivity index (χ3n) is 3.25. The van der Waals surface area contributed by atoms with Gasteiger partial charge in [0.25, 0.3) is 0 Å². The quantitative estimate of drug-likeness (QED) is 0.785. The third kappa shape index (κ3) is 4.37. The Labute approximate surface area is 146 Å². The largest absolute Gasteiger partial charge is 0.464 e. The van der Waals surface area contributed by atoms with E-state index < -0.39 is 17.7 Å². The van der Waals surface area contributed by atoms with Gasteiger partial charge in [0.1, 0.15) is 11.4 Å². The molecule has 0 aliphatic rings. The highest BCUT2D eigenvalue weighted by Crippen LogP contribution is 2.29. The van der Waals surface area contributed by atoms with E-state index in [0.29, 0.717) is 5.75 Å². The van der Waals surface area contributed by atoms with Crippen LogP contribution in [0.3, 0.4) is 0 Å². The van der Waals surface area contributed by atoms with Crippen LogP contribution in [-0.4, -0.2) is 34.6 Å². The number of nitrogens with zero attached hydrogens (tertiary/aromatic N) is 2. The number of carbonyl (C=O) groups is 2. The predicted octanol–water partition coefficient (Wildman–Crippen LogP) is 3.86. The molecule has 2 aromatic rings. The fourth-order valence-corrected chi connectivity index (χ4v) is 2.14. The molecule has 1 aromatic heterocycles. The van der Waals surface area contributed by atoms with Crippen molar-refractivity contribution in [1.82, 2.24) is 9.78 Å². The summed E-state index contributed by atoms with van der Waals surface area (Å²) >= 11 is 0. The van der Waals surface area contributed by atoms with Crippen LogP contribution in [0, 0.1) is 13.8 Å². The van der Waals surface area contributed by atoms with E-state index in [9.17, 15) is 9.59 Å². The lowest BCUT2D eigenvalue weighted by atomic mass is 10.1. The lowest BCUT2D eigenvalue weighted by molar-refractivity contribution is 0.0500. The molecule has 7 nitrogen and oxygen atoms in total. The summed E-state index contributed by atoms with van der Waals surface area (Å²) < 4.78 is 16.8. The first-order valence-corrected chi connectivity index (χ1v) is 7.78. The zero-order chi connectivity index (χ0) is 18.8. The molecular formula is C18H22N2O5. The predicted molar refractivity (Wildman–Crippen MR) is 91.2 cm³/mol. The van der Waals surface area contributed by atoms with Gasteiger partial charge in [-0.05, 0) is 45.7 Å². The summed E-state index contributed by atoms with van der Waals surface area (Å²) in [5.41, 5.74) is 1.01. The number of aryl methyl sites for hydroxylation is 2. The summed E-state index contributed by atoms with van der Waals surface area (Å²) in [7, 11) is 1.24. The first kappa shape index (κ1) is 18.5. The number of ether oxygens (including phenoxy) is 3. The lowest BCUT2D eigenvalue weighted by Gasteiger charge is -2.19. The molecule has 0 unspecified atom stereocenters. The fourth-order valence-electron chi connectivity index (χ4n) is 2.14. The Morgan fingerprint density at radius 1 is 1.12 bits per heavy atom. The average Bonchev–Trinajstić information content (AvgIpc) is 2.93. The molecule has 1 aromatic carbocycles. The van der Waals surface area contributed by atoms with E-state index in [2.05, 4.69) is 9.84 Å². The fraction of sp³-hybridized carbons (Fsp3) is 0.389. The van der Waals surface area contributed by atoms with Crippen LogP contribution in [0.5, 0.6) is 11.6 Å². The smallest absolute Gasteiger partial charge is 0.438 e. The number of methoxy groups -OCH3 is 1. The van der Waals surface area contributed by atoms with Crippen molar-refractivity contribution >= 4 is 12.1 Å². The molecule has 0 saturated heterocycles. The molecule has 1 heterocycles. The van der Waals surface area contributed by atoms with Crippen molar-refractivity contribution in [3.05, 3.63) is 41.1 Å². The SMILES string of the molecule is COC(=O)c1cc(Oc2c(C)cccc2C)n(C(=O)OC(C)(C)C)n1. The number of hydrogen-bond donors (Lipinski definition) is 0. The Hall–Kier alpha value is -2.83. The minimum Gasteiger partial charge on any atom is -0.464 e. The van der Waals surface area contributed by atoms with Gasteiger partial charge in [-0.3, -0.25) is 0 Å². The molecule has 0 aliphatic heterocycles. The standard InChI is InChI=1S/C18H22N2O5/c1-11-8-7-9-12(2)15(11)24-14-10-13(16(21)23-6)19-20(14)17(22)25-18(3,4)5/h7-10H,1-6H3. The van der Waals surface area contributed by atoms with Crippen LogP contribution in [0.2, 0.25) is 0 Å². The zero-order valence-corrected chi connectivity index (χ0v) is 15.2. The number of rotatable bonds is 3. The Bertz CT molecular complexity index is 782. The van der Waals surface area contributed by atoms with E-state index in [4.69, 9.17) is 9.47 Å². The second-order valence-corrected chi connectivity index (χ2v) is 6.57. The zero-order valence-electron chi connectivity index (χ0n) is 15.2. The highest BCUT2D eigenvalue weighted by atomic mass is 16.6. The minimum absolute atomic E-state index is 0.0467. The Balaban J connectivity index is 2.46. The number of hydrogen-bond acceptors (Lipinski definition) is 6. The molecule has 0 N–H and O–H groups in total. The minimum atomic E-state index is -0.746. The number of benzene rings is 1. The monoisotopic (exact) mass is 346 g/mol. The van der Waals surface area contributed by atoms with Crippen LogP contribution in [0.4, 0.5) is 4.79 Å². The number of aromatic nitrogens is 2. The number of para-hydroxylation sites is 1. The Morgan fingerprint density at radius 2 is 1.72 bits per heavy atom. The molecule has 25 heavy (non-hydrogen) atoms. The molecule has 0 amide bonds. The normalized spacial score (nSPS) is 11.1. The van der Waals surface area contributed by atoms with E-state index in [1.54, 1.807) is 20.8 Å². The van der Waals surface area contributed by atoms with Gasteiger partial charge in [0.15, 0.2) is 5.69 Å². The molecule has 0 radical (unpaired) electrons. The second kappa shape index (κ2) is 6.96. The van der Waals surface area contributed by atoms with Crippen molar-refractivity contribution in [2.24, 2.45) is 0 Å². The van der Waals surface area contributed by atoms with E-state index >= 15 is 0 Å². The van der Waals surface area contributed by atoms with Gasteiger partial charge < -0.3 is 14.2 Å². The van der Waals surface area contributed by atoms with Crippen LogP contribution in [0.25, 0.3) is 0 Å². The molecule has 0 spiro atoms. The van der Waals surface area contributed by atoms with Crippen LogP contribution in [0.1, 0.15) is 42.4 Å². The van der Waals surface area contributed by atoms with Crippen molar-refractivity contribution < 1.29 is 23.8 Å². The van der Waals surface area contributed by atoms with Crippen molar-refractivity contribution in [3.63, 3.8) is 0 Å². The van der Waals surface area contributed by atoms with Gasteiger partial charge in [0, 0.05) is 6.07 Å².